The molecular weight excluding hydrogens is 251 g/mol. The van der Waals surface area contributed by atoms with Crippen molar-refractivity contribution in [2.24, 2.45) is 0 Å². The molecule has 1 saturated carbocycles. The van der Waals surface area contributed by atoms with E-state index in [1.165, 1.54) is 30.2 Å². The molecule has 0 radical (unpaired) electrons. The summed E-state index contributed by atoms with van der Waals surface area (Å²) < 4.78 is 13.5. The fourth-order valence-corrected chi connectivity index (χ4v) is 2.49. The number of halogens is 2. The maximum Gasteiger partial charge on any atom is 0.160 e. The highest BCUT2D eigenvalue weighted by atomic mass is 35.5. The fraction of sp³-hybridized carbons (Fsp3) is 0.400. The number of hydrogen-bond donors (Lipinski definition) is 0. The number of benzene rings is 1. The molecule has 0 saturated heterocycles. The van der Waals surface area contributed by atoms with Crippen molar-refractivity contribution < 1.29 is 9.18 Å². The van der Waals surface area contributed by atoms with Gasteiger partial charge in [-0.2, -0.15) is 0 Å². The van der Waals surface area contributed by atoms with Gasteiger partial charge in [0.1, 0.15) is 5.82 Å². The van der Waals surface area contributed by atoms with E-state index in [4.69, 9.17) is 11.6 Å². The monoisotopic (exact) mass is 266 g/mol. The van der Waals surface area contributed by atoms with Crippen molar-refractivity contribution in [1.29, 1.82) is 0 Å². The lowest BCUT2D eigenvalue weighted by Crippen LogP contribution is -2.04. The highest BCUT2D eigenvalue weighted by Crippen LogP contribution is 2.23. The highest BCUT2D eigenvalue weighted by Gasteiger charge is 2.10. The van der Waals surface area contributed by atoms with Gasteiger partial charge in [-0.15, -0.1) is 0 Å². The Morgan fingerprint density at radius 3 is 2.72 bits per heavy atom. The molecule has 96 valence electrons. The quantitative estimate of drug-likeness (QED) is 0.737. The first-order valence-electron chi connectivity index (χ1n) is 6.31. The standard InChI is InChI=1S/C15H16ClFO/c16-13-6-7-15(17)12(9-13)10-14(18)8-11-4-2-1-3-5-11/h6-9H,1-5,10H2. The van der Waals surface area contributed by atoms with Gasteiger partial charge in [-0.05, 0) is 55.5 Å². The van der Waals surface area contributed by atoms with Crippen molar-refractivity contribution in [2.45, 2.75) is 38.5 Å². The van der Waals surface area contributed by atoms with Crippen molar-refractivity contribution >= 4 is 17.4 Å². The van der Waals surface area contributed by atoms with Crippen LogP contribution < -0.4 is 0 Å². The molecule has 3 heteroatoms. The summed E-state index contributed by atoms with van der Waals surface area (Å²) in [5.74, 6) is -0.400. The zero-order valence-corrected chi connectivity index (χ0v) is 11.0. The van der Waals surface area contributed by atoms with Crippen LogP contribution in [0.4, 0.5) is 4.39 Å². The van der Waals surface area contributed by atoms with E-state index >= 15 is 0 Å². The molecular formula is C15H16ClFO. The second-order valence-corrected chi connectivity index (χ2v) is 5.18. The molecule has 1 aliphatic carbocycles. The van der Waals surface area contributed by atoms with E-state index in [1.54, 1.807) is 6.08 Å². The van der Waals surface area contributed by atoms with Crippen LogP contribution in [0.3, 0.4) is 0 Å². The largest absolute Gasteiger partial charge is 0.294 e. The van der Waals surface area contributed by atoms with Gasteiger partial charge in [0.2, 0.25) is 0 Å². The Balaban J connectivity index is 2.04. The lowest BCUT2D eigenvalue weighted by molar-refractivity contribution is -0.114. The smallest absolute Gasteiger partial charge is 0.160 e. The van der Waals surface area contributed by atoms with Crippen LogP contribution in [-0.4, -0.2) is 5.78 Å². The Labute approximate surface area is 112 Å². The average Bonchev–Trinajstić information content (AvgIpc) is 2.35. The minimum atomic E-state index is -0.366. The van der Waals surface area contributed by atoms with E-state index in [0.717, 1.165) is 25.7 Å². The maximum absolute atomic E-state index is 13.5. The van der Waals surface area contributed by atoms with E-state index in [2.05, 4.69) is 0 Å². The number of carbonyl (C=O) groups excluding carboxylic acids is 1. The normalized spacial score (nSPS) is 15.6. The maximum atomic E-state index is 13.5. The summed E-state index contributed by atoms with van der Waals surface area (Å²) in [5.41, 5.74) is 1.58. The zero-order valence-electron chi connectivity index (χ0n) is 10.2. The van der Waals surface area contributed by atoms with Crippen molar-refractivity contribution in [3.05, 3.63) is 46.3 Å². The molecule has 1 aromatic carbocycles. The van der Waals surface area contributed by atoms with Crippen LogP contribution >= 0.6 is 11.6 Å². The molecule has 2 rings (SSSR count). The van der Waals surface area contributed by atoms with E-state index in [0.29, 0.717) is 10.6 Å². The Morgan fingerprint density at radius 1 is 1.28 bits per heavy atom. The summed E-state index contributed by atoms with van der Waals surface area (Å²) in [7, 11) is 0. The van der Waals surface area contributed by atoms with Crippen LogP contribution in [0.25, 0.3) is 0 Å². The number of allylic oxidation sites excluding steroid dienone is 2. The second kappa shape index (κ2) is 6.14. The van der Waals surface area contributed by atoms with Crippen molar-refractivity contribution in [3.8, 4) is 0 Å². The molecule has 0 atom stereocenters. The topological polar surface area (TPSA) is 17.1 Å². The molecule has 0 N–H and O–H groups in total. The number of rotatable bonds is 3. The van der Waals surface area contributed by atoms with Gasteiger partial charge in [-0.3, -0.25) is 4.79 Å². The molecule has 1 fully saturated rings. The van der Waals surface area contributed by atoms with E-state index in [-0.39, 0.29) is 18.0 Å². The molecule has 1 aromatic rings. The van der Waals surface area contributed by atoms with Crippen molar-refractivity contribution in [1.82, 2.24) is 0 Å². The molecule has 0 aromatic heterocycles. The first-order valence-corrected chi connectivity index (χ1v) is 6.69. The van der Waals surface area contributed by atoms with Gasteiger partial charge < -0.3 is 0 Å². The van der Waals surface area contributed by atoms with Gasteiger partial charge in [0.15, 0.2) is 5.78 Å². The Bertz CT molecular complexity index is 471. The third kappa shape index (κ3) is 3.67. The minimum Gasteiger partial charge on any atom is -0.294 e. The summed E-state index contributed by atoms with van der Waals surface area (Å²) in [6.45, 7) is 0. The van der Waals surface area contributed by atoms with Crippen molar-refractivity contribution in [2.75, 3.05) is 0 Å². The van der Waals surface area contributed by atoms with E-state index in [1.807, 2.05) is 0 Å². The van der Waals surface area contributed by atoms with Gasteiger partial charge in [-0.1, -0.05) is 23.6 Å². The predicted molar refractivity (Wildman–Crippen MR) is 71.3 cm³/mol. The molecule has 0 bridgehead atoms. The van der Waals surface area contributed by atoms with Crippen LogP contribution in [0, 0.1) is 5.82 Å². The SMILES string of the molecule is O=C(C=C1CCCCC1)Cc1cc(Cl)ccc1F. The summed E-state index contributed by atoms with van der Waals surface area (Å²) in [5, 5.41) is 0.463. The summed E-state index contributed by atoms with van der Waals surface area (Å²) in [6.07, 6.45) is 7.35. The third-order valence-corrected chi connectivity index (χ3v) is 3.47. The van der Waals surface area contributed by atoms with Crippen LogP contribution in [0.2, 0.25) is 5.02 Å². The van der Waals surface area contributed by atoms with Gasteiger partial charge in [0.25, 0.3) is 0 Å². The lowest BCUT2D eigenvalue weighted by atomic mass is 9.93. The average molecular weight is 267 g/mol. The van der Waals surface area contributed by atoms with Crippen LogP contribution in [-0.2, 0) is 11.2 Å². The predicted octanol–water partition coefficient (Wildman–Crippen LogP) is 4.48. The number of hydrogen-bond acceptors (Lipinski definition) is 1. The molecule has 0 unspecified atom stereocenters. The Kier molecular flexibility index (Phi) is 4.54. The van der Waals surface area contributed by atoms with Crippen LogP contribution in [0.5, 0.6) is 0 Å². The minimum absolute atomic E-state index is 0.0342. The molecule has 1 nitrogen and oxygen atoms in total. The van der Waals surface area contributed by atoms with Gasteiger partial charge in [0.05, 0.1) is 0 Å². The first-order chi connectivity index (χ1) is 8.65. The van der Waals surface area contributed by atoms with Gasteiger partial charge >= 0.3 is 0 Å². The van der Waals surface area contributed by atoms with Gasteiger partial charge in [-0.25, -0.2) is 4.39 Å². The third-order valence-electron chi connectivity index (χ3n) is 3.23. The molecule has 18 heavy (non-hydrogen) atoms. The molecule has 0 aliphatic heterocycles. The summed E-state index contributed by atoms with van der Waals surface area (Å²) >= 11 is 5.80. The second-order valence-electron chi connectivity index (χ2n) is 4.74. The Morgan fingerprint density at radius 2 is 2.00 bits per heavy atom. The summed E-state index contributed by atoms with van der Waals surface area (Å²) in [4.78, 5) is 11.9. The number of carbonyl (C=O) groups is 1. The fourth-order valence-electron chi connectivity index (χ4n) is 2.30. The number of ketones is 1. The molecule has 0 amide bonds. The molecule has 0 spiro atoms. The van der Waals surface area contributed by atoms with E-state index in [9.17, 15) is 9.18 Å². The van der Waals surface area contributed by atoms with E-state index < -0.39 is 0 Å². The van der Waals surface area contributed by atoms with Crippen LogP contribution in [0.1, 0.15) is 37.7 Å². The molecule has 0 heterocycles. The first kappa shape index (κ1) is 13.3. The molecule has 1 aliphatic rings. The van der Waals surface area contributed by atoms with Gasteiger partial charge in [0, 0.05) is 11.4 Å². The zero-order chi connectivity index (χ0) is 13.0. The highest BCUT2D eigenvalue weighted by molar-refractivity contribution is 6.30. The van der Waals surface area contributed by atoms with Crippen LogP contribution in [0.15, 0.2) is 29.8 Å². The summed E-state index contributed by atoms with van der Waals surface area (Å²) in [6, 6.07) is 4.32. The lowest BCUT2D eigenvalue weighted by Gasteiger charge is -2.12. The van der Waals surface area contributed by atoms with Crippen molar-refractivity contribution in [3.63, 3.8) is 0 Å². The Hall–Kier alpha value is -1.15.